The zero-order valence-electron chi connectivity index (χ0n) is 13.8. The third-order valence-electron chi connectivity index (χ3n) is 4.15. The average molecular weight is 385 g/mol. The van der Waals surface area contributed by atoms with Gasteiger partial charge in [-0.25, -0.2) is 9.37 Å². The van der Waals surface area contributed by atoms with E-state index in [1.165, 1.54) is 23.5 Å². The maximum Gasteiger partial charge on any atom is 0.226 e. The first-order valence-electron chi connectivity index (χ1n) is 8.25. The Morgan fingerprint density at radius 2 is 2.27 bits per heavy atom. The van der Waals surface area contributed by atoms with E-state index >= 15 is 0 Å². The highest BCUT2D eigenvalue weighted by atomic mass is 32.2. The number of carbonyl (C=O) groups excluding carboxylic acids is 1. The summed E-state index contributed by atoms with van der Waals surface area (Å²) in [4.78, 5) is 22.1. The molecule has 1 amide bonds. The molecule has 0 radical (unpaired) electrons. The van der Waals surface area contributed by atoms with Gasteiger partial charge < -0.3 is 5.32 Å². The number of nitrogens with zero attached hydrogens (tertiary/aromatic N) is 2. The predicted octanol–water partition coefficient (Wildman–Crippen LogP) is 4.24. The van der Waals surface area contributed by atoms with Crippen LogP contribution in [0.15, 0.2) is 53.0 Å². The van der Waals surface area contributed by atoms with Gasteiger partial charge in [0.2, 0.25) is 5.91 Å². The molecular weight excluding hydrogens is 369 g/mol. The van der Waals surface area contributed by atoms with Gasteiger partial charge in [0.05, 0.1) is 18.2 Å². The maximum absolute atomic E-state index is 13.6. The summed E-state index contributed by atoms with van der Waals surface area (Å²) in [6.07, 6.45) is 4.48. The summed E-state index contributed by atoms with van der Waals surface area (Å²) < 4.78 is 13.6. The first kappa shape index (κ1) is 17.2. The van der Waals surface area contributed by atoms with Gasteiger partial charge in [0.25, 0.3) is 0 Å². The average Bonchev–Trinajstić information content (AvgIpc) is 3.11. The minimum Gasteiger partial charge on any atom is -0.349 e. The molecule has 0 aliphatic carbocycles. The van der Waals surface area contributed by atoms with Crippen molar-refractivity contribution >= 4 is 29.0 Å². The van der Waals surface area contributed by atoms with Crippen LogP contribution in [0.25, 0.3) is 10.6 Å². The third kappa shape index (κ3) is 3.78. The fourth-order valence-corrected chi connectivity index (χ4v) is 4.85. The van der Waals surface area contributed by atoms with Gasteiger partial charge in [0.1, 0.15) is 10.8 Å². The summed E-state index contributed by atoms with van der Waals surface area (Å²) >= 11 is 3.20. The van der Waals surface area contributed by atoms with Crippen molar-refractivity contribution in [3.05, 3.63) is 65.2 Å². The normalized spacial score (nSPS) is 16.1. The fraction of sp³-hybridized carbons (Fsp3) is 0.211. The number of thiazole rings is 1. The molecule has 1 aliphatic heterocycles. The molecule has 0 spiro atoms. The Bertz CT molecular complexity index is 930. The fourth-order valence-electron chi connectivity index (χ4n) is 2.94. The Labute approximate surface area is 158 Å². The lowest BCUT2D eigenvalue weighted by molar-refractivity contribution is -0.121. The maximum atomic E-state index is 13.6. The van der Waals surface area contributed by atoms with Crippen molar-refractivity contribution < 1.29 is 9.18 Å². The van der Waals surface area contributed by atoms with Crippen LogP contribution in [0.1, 0.15) is 23.7 Å². The van der Waals surface area contributed by atoms with E-state index in [0.717, 1.165) is 38.9 Å². The second-order valence-corrected chi connectivity index (χ2v) is 8.00. The van der Waals surface area contributed by atoms with E-state index in [-0.39, 0.29) is 24.2 Å². The Morgan fingerprint density at radius 3 is 3.12 bits per heavy atom. The van der Waals surface area contributed by atoms with E-state index in [1.807, 2.05) is 17.5 Å². The van der Waals surface area contributed by atoms with Crippen molar-refractivity contribution in [2.24, 2.45) is 0 Å². The molecule has 0 bridgehead atoms. The summed E-state index contributed by atoms with van der Waals surface area (Å²) in [7, 11) is 0. The quantitative estimate of drug-likeness (QED) is 0.730. The van der Waals surface area contributed by atoms with Crippen molar-refractivity contribution in [2.75, 3.05) is 5.75 Å². The number of fused-ring (bicyclic) bond motifs is 1. The first-order chi connectivity index (χ1) is 12.7. The van der Waals surface area contributed by atoms with Gasteiger partial charge in [-0.05, 0) is 42.3 Å². The Hall–Kier alpha value is -2.25. The number of amides is 1. The molecule has 26 heavy (non-hydrogen) atoms. The minimum atomic E-state index is -0.272. The van der Waals surface area contributed by atoms with Crippen LogP contribution in [-0.4, -0.2) is 21.6 Å². The van der Waals surface area contributed by atoms with Gasteiger partial charge in [0, 0.05) is 34.0 Å². The number of nitrogens with one attached hydrogen (secondary N) is 1. The van der Waals surface area contributed by atoms with Crippen molar-refractivity contribution in [2.45, 2.75) is 23.8 Å². The number of aromatic nitrogens is 2. The molecular formula is C19H16FN3OS2. The molecule has 1 unspecified atom stereocenters. The lowest BCUT2D eigenvalue weighted by Crippen LogP contribution is -2.31. The van der Waals surface area contributed by atoms with Crippen molar-refractivity contribution in [3.63, 3.8) is 0 Å². The molecule has 1 N–H and O–H groups in total. The van der Waals surface area contributed by atoms with E-state index in [9.17, 15) is 9.18 Å². The molecule has 132 valence electrons. The molecule has 2 aromatic heterocycles. The Kier molecular flexibility index (Phi) is 4.99. The molecule has 4 nitrogen and oxygen atoms in total. The molecule has 1 aromatic carbocycles. The van der Waals surface area contributed by atoms with E-state index in [2.05, 4.69) is 15.3 Å². The molecule has 0 saturated heterocycles. The van der Waals surface area contributed by atoms with Crippen molar-refractivity contribution in [1.82, 2.24) is 15.3 Å². The minimum absolute atomic E-state index is 0.0971. The van der Waals surface area contributed by atoms with Gasteiger partial charge in [-0.1, -0.05) is 0 Å². The Morgan fingerprint density at radius 1 is 1.35 bits per heavy atom. The van der Waals surface area contributed by atoms with Crippen LogP contribution < -0.4 is 5.32 Å². The summed E-state index contributed by atoms with van der Waals surface area (Å²) in [6, 6.07) is 8.43. The Balaban J connectivity index is 1.44. The zero-order chi connectivity index (χ0) is 17.9. The van der Waals surface area contributed by atoms with Gasteiger partial charge in [0.15, 0.2) is 0 Å². The summed E-state index contributed by atoms with van der Waals surface area (Å²) in [5.74, 6) is 0.539. The molecule has 3 heterocycles. The molecule has 0 fully saturated rings. The highest BCUT2D eigenvalue weighted by molar-refractivity contribution is 7.99. The summed E-state index contributed by atoms with van der Waals surface area (Å²) in [6.45, 7) is 0. The summed E-state index contributed by atoms with van der Waals surface area (Å²) in [5, 5.41) is 5.78. The van der Waals surface area contributed by atoms with Crippen molar-refractivity contribution in [3.8, 4) is 10.6 Å². The SMILES string of the molecule is O=C(Cc1csc(-c2cccnc2)n1)NC1CCSc2ccc(F)cc21. The number of rotatable bonds is 4. The standard InChI is InChI=1S/C19H16FN3OS2/c20-13-3-4-17-15(8-13)16(5-7-25-17)23-18(24)9-14-11-26-19(22-14)12-2-1-6-21-10-12/h1-4,6,8,10-11,16H,5,7,9H2,(H,23,24). The van der Waals surface area contributed by atoms with Crippen LogP contribution in [0.2, 0.25) is 0 Å². The topological polar surface area (TPSA) is 54.9 Å². The molecule has 1 aliphatic rings. The molecule has 3 aromatic rings. The van der Waals surface area contributed by atoms with Crippen LogP contribution in [-0.2, 0) is 11.2 Å². The monoisotopic (exact) mass is 385 g/mol. The number of hydrogen-bond donors (Lipinski definition) is 1. The van der Waals surface area contributed by atoms with E-state index in [4.69, 9.17) is 0 Å². The van der Waals surface area contributed by atoms with E-state index < -0.39 is 0 Å². The smallest absolute Gasteiger partial charge is 0.226 e. The van der Waals surface area contributed by atoms with Gasteiger partial charge in [-0.3, -0.25) is 9.78 Å². The predicted molar refractivity (Wildman–Crippen MR) is 102 cm³/mol. The number of halogens is 1. The molecule has 0 saturated carbocycles. The van der Waals surface area contributed by atoms with Crippen LogP contribution in [0.3, 0.4) is 0 Å². The highest BCUT2D eigenvalue weighted by Crippen LogP contribution is 2.36. The third-order valence-corrected chi connectivity index (χ3v) is 6.21. The number of thioether (sulfide) groups is 1. The van der Waals surface area contributed by atoms with Gasteiger partial charge in [-0.15, -0.1) is 23.1 Å². The molecule has 4 rings (SSSR count). The van der Waals surface area contributed by atoms with E-state index in [1.54, 1.807) is 30.2 Å². The highest BCUT2D eigenvalue weighted by Gasteiger charge is 2.23. The lowest BCUT2D eigenvalue weighted by atomic mass is 10.0. The van der Waals surface area contributed by atoms with Crippen LogP contribution in [0.4, 0.5) is 4.39 Å². The van der Waals surface area contributed by atoms with Crippen molar-refractivity contribution in [1.29, 1.82) is 0 Å². The molecule has 1 atom stereocenters. The largest absolute Gasteiger partial charge is 0.349 e. The van der Waals surface area contributed by atoms with Gasteiger partial charge in [-0.2, -0.15) is 0 Å². The number of carbonyl (C=O) groups is 1. The van der Waals surface area contributed by atoms with Crippen LogP contribution >= 0.6 is 23.1 Å². The van der Waals surface area contributed by atoms with E-state index in [0.29, 0.717) is 0 Å². The van der Waals surface area contributed by atoms with Crippen LogP contribution in [0, 0.1) is 5.82 Å². The summed E-state index contributed by atoms with van der Waals surface area (Å²) in [5.41, 5.74) is 2.54. The number of hydrogen-bond acceptors (Lipinski definition) is 5. The zero-order valence-corrected chi connectivity index (χ0v) is 15.4. The van der Waals surface area contributed by atoms with Gasteiger partial charge >= 0.3 is 0 Å². The molecule has 7 heteroatoms. The number of pyridine rings is 1. The number of benzene rings is 1. The second kappa shape index (κ2) is 7.55. The van der Waals surface area contributed by atoms with Crippen LogP contribution in [0.5, 0.6) is 0 Å². The lowest BCUT2D eigenvalue weighted by Gasteiger charge is -2.25. The second-order valence-electron chi connectivity index (χ2n) is 6.00. The first-order valence-corrected chi connectivity index (χ1v) is 10.1.